The van der Waals surface area contributed by atoms with Gasteiger partial charge in [-0.1, -0.05) is 0 Å². The maximum absolute atomic E-state index is 13.5. The van der Waals surface area contributed by atoms with Crippen molar-refractivity contribution in [2.24, 2.45) is 0 Å². The zero-order chi connectivity index (χ0) is 15.1. The second kappa shape index (κ2) is 7.40. The van der Waals surface area contributed by atoms with E-state index < -0.39 is 11.6 Å². The molecule has 0 fully saturated rings. The van der Waals surface area contributed by atoms with Gasteiger partial charge < -0.3 is 15.5 Å². The molecule has 0 bridgehead atoms. The molecular formula is C13H16F2N4O. The third kappa shape index (κ3) is 4.48. The smallest absolute Gasteiger partial charge is 0.316 e. The van der Waals surface area contributed by atoms with E-state index in [1.165, 1.54) is 4.90 Å². The summed E-state index contributed by atoms with van der Waals surface area (Å²) >= 11 is 0. The van der Waals surface area contributed by atoms with E-state index in [1.807, 2.05) is 0 Å². The predicted octanol–water partition coefficient (Wildman–Crippen LogP) is 1.20. The van der Waals surface area contributed by atoms with Gasteiger partial charge in [0.15, 0.2) is 0 Å². The highest BCUT2D eigenvalue weighted by Gasteiger charge is 2.10. The van der Waals surface area contributed by atoms with Crippen LogP contribution in [0.3, 0.4) is 0 Å². The first-order valence-corrected chi connectivity index (χ1v) is 5.99. The topological polar surface area (TPSA) is 68.2 Å². The number of carbonyl (C=O) groups is 1. The van der Waals surface area contributed by atoms with Crippen LogP contribution in [0.1, 0.15) is 11.1 Å². The van der Waals surface area contributed by atoms with Crippen LogP contribution in [-0.2, 0) is 6.54 Å². The molecule has 0 spiro atoms. The first kappa shape index (κ1) is 15.9. The van der Waals surface area contributed by atoms with E-state index in [2.05, 4.69) is 10.6 Å². The van der Waals surface area contributed by atoms with Gasteiger partial charge in [-0.25, -0.2) is 13.6 Å². The minimum atomic E-state index is -0.758. The van der Waals surface area contributed by atoms with E-state index in [0.717, 1.165) is 12.1 Å². The van der Waals surface area contributed by atoms with Crippen molar-refractivity contribution in [1.82, 2.24) is 15.5 Å². The summed E-state index contributed by atoms with van der Waals surface area (Å²) in [6, 6.07) is 3.44. The van der Waals surface area contributed by atoms with Crippen molar-refractivity contribution in [1.29, 1.82) is 5.26 Å². The lowest BCUT2D eigenvalue weighted by Crippen LogP contribution is -2.38. The van der Waals surface area contributed by atoms with E-state index in [0.29, 0.717) is 13.1 Å². The van der Waals surface area contributed by atoms with Gasteiger partial charge in [-0.2, -0.15) is 5.26 Å². The minimum Gasteiger partial charge on any atom is -0.337 e. The van der Waals surface area contributed by atoms with Crippen molar-refractivity contribution in [3.63, 3.8) is 0 Å². The molecular weight excluding hydrogens is 266 g/mol. The second-order valence-corrected chi connectivity index (χ2v) is 4.33. The van der Waals surface area contributed by atoms with Crippen molar-refractivity contribution in [2.45, 2.75) is 6.54 Å². The number of hydrogen-bond acceptors (Lipinski definition) is 3. The minimum absolute atomic E-state index is 0.0127. The molecule has 0 unspecified atom stereocenters. The summed E-state index contributed by atoms with van der Waals surface area (Å²) < 4.78 is 27.1. The third-order valence-corrected chi connectivity index (χ3v) is 2.56. The Kier molecular flexibility index (Phi) is 5.87. The summed E-state index contributed by atoms with van der Waals surface area (Å²) in [4.78, 5) is 12.6. The summed E-state index contributed by atoms with van der Waals surface area (Å²) in [5.41, 5.74) is -0.176. The molecule has 0 aliphatic heterocycles. The Hall–Kier alpha value is -2.20. The van der Waals surface area contributed by atoms with E-state index in [-0.39, 0.29) is 23.7 Å². The van der Waals surface area contributed by atoms with Crippen LogP contribution >= 0.6 is 0 Å². The normalized spacial score (nSPS) is 9.95. The number of benzene rings is 1. The van der Waals surface area contributed by atoms with Crippen LogP contribution in [0, 0.1) is 23.0 Å². The van der Waals surface area contributed by atoms with Crippen LogP contribution in [0.15, 0.2) is 12.1 Å². The van der Waals surface area contributed by atoms with Crippen LogP contribution in [0.5, 0.6) is 0 Å². The molecule has 0 aliphatic rings. The first-order chi connectivity index (χ1) is 9.45. The van der Waals surface area contributed by atoms with Crippen LogP contribution in [-0.4, -0.2) is 38.1 Å². The Bertz CT molecular complexity index is 503. The Labute approximate surface area is 116 Å². The molecule has 0 radical (unpaired) electrons. The number of rotatable bonds is 5. The molecule has 1 aromatic rings. The lowest BCUT2D eigenvalue weighted by Gasteiger charge is -2.12. The molecule has 0 saturated heterocycles. The number of nitrogens with zero attached hydrogens (tertiary/aromatic N) is 2. The Balaban J connectivity index is 2.44. The van der Waals surface area contributed by atoms with Gasteiger partial charge in [-0.05, 0) is 12.1 Å². The zero-order valence-corrected chi connectivity index (χ0v) is 11.3. The molecule has 7 heteroatoms. The van der Waals surface area contributed by atoms with Crippen LogP contribution in [0.25, 0.3) is 0 Å². The van der Waals surface area contributed by atoms with Crippen molar-refractivity contribution < 1.29 is 13.6 Å². The largest absolute Gasteiger partial charge is 0.337 e. The summed E-state index contributed by atoms with van der Waals surface area (Å²) in [7, 11) is 3.23. The average Bonchev–Trinajstić information content (AvgIpc) is 2.40. The zero-order valence-electron chi connectivity index (χ0n) is 11.3. The number of halogens is 2. The quantitative estimate of drug-likeness (QED) is 0.797. The molecule has 0 aromatic heterocycles. The third-order valence-electron chi connectivity index (χ3n) is 2.56. The highest BCUT2D eigenvalue weighted by Crippen LogP contribution is 2.14. The molecule has 20 heavy (non-hydrogen) atoms. The van der Waals surface area contributed by atoms with Crippen molar-refractivity contribution in [2.75, 3.05) is 27.2 Å². The van der Waals surface area contributed by atoms with Gasteiger partial charge in [-0.3, -0.25) is 0 Å². The van der Waals surface area contributed by atoms with Crippen LogP contribution < -0.4 is 10.6 Å². The highest BCUT2D eigenvalue weighted by molar-refractivity contribution is 5.73. The fraction of sp³-hybridized carbons (Fsp3) is 0.385. The fourth-order valence-corrected chi connectivity index (χ4v) is 1.47. The maximum Gasteiger partial charge on any atom is 0.316 e. The molecule has 0 heterocycles. The molecule has 0 saturated carbocycles. The molecule has 2 N–H and O–H groups in total. The molecule has 2 amide bonds. The molecule has 0 aliphatic carbocycles. The molecule has 1 rings (SSSR count). The maximum atomic E-state index is 13.5. The van der Waals surface area contributed by atoms with Gasteiger partial charge in [0.05, 0.1) is 11.6 Å². The van der Waals surface area contributed by atoms with Crippen molar-refractivity contribution in [3.05, 3.63) is 34.9 Å². The van der Waals surface area contributed by atoms with Gasteiger partial charge in [0.2, 0.25) is 0 Å². The predicted molar refractivity (Wildman–Crippen MR) is 69.9 cm³/mol. The molecule has 108 valence electrons. The standard InChI is InChI=1S/C13H16F2N4O/c1-19(2)13(20)18-4-3-17-8-10-11(14)5-9(7-16)6-12(10)15/h5-6,17H,3-4,8H2,1-2H3,(H,18,20). The van der Waals surface area contributed by atoms with Gasteiger partial charge >= 0.3 is 6.03 Å². The monoisotopic (exact) mass is 282 g/mol. The lowest BCUT2D eigenvalue weighted by molar-refractivity contribution is 0.217. The fourth-order valence-electron chi connectivity index (χ4n) is 1.47. The number of nitriles is 1. The summed E-state index contributed by atoms with van der Waals surface area (Å²) in [5, 5.41) is 14.0. The van der Waals surface area contributed by atoms with E-state index in [4.69, 9.17) is 5.26 Å². The first-order valence-electron chi connectivity index (χ1n) is 5.99. The van der Waals surface area contributed by atoms with E-state index >= 15 is 0 Å². The van der Waals surface area contributed by atoms with Gasteiger partial charge in [0.1, 0.15) is 11.6 Å². The summed E-state index contributed by atoms with van der Waals surface area (Å²) in [5.74, 6) is -1.52. The highest BCUT2D eigenvalue weighted by atomic mass is 19.1. The second-order valence-electron chi connectivity index (χ2n) is 4.33. The Morgan fingerprint density at radius 3 is 2.40 bits per heavy atom. The number of carbonyl (C=O) groups excluding carboxylic acids is 1. The Morgan fingerprint density at radius 1 is 1.30 bits per heavy atom. The lowest BCUT2D eigenvalue weighted by atomic mass is 10.1. The number of urea groups is 1. The van der Waals surface area contributed by atoms with Crippen molar-refractivity contribution in [3.8, 4) is 6.07 Å². The summed E-state index contributed by atoms with van der Waals surface area (Å²) in [6.07, 6.45) is 0. The number of amides is 2. The SMILES string of the molecule is CN(C)C(=O)NCCNCc1c(F)cc(C#N)cc1F. The Morgan fingerprint density at radius 2 is 1.90 bits per heavy atom. The number of nitrogens with one attached hydrogen (secondary N) is 2. The van der Waals surface area contributed by atoms with Crippen LogP contribution in [0.4, 0.5) is 13.6 Å². The van der Waals surface area contributed by atoms with Crippen molar-refractivity contribution >= 4 is 6.03 Å². The average molecular weight is 282 g/mol. The van der Waals surface area contributed by atoms with Gasteiger partial charge in [0, 0.05) is 39.3 Å². The van der Waals surface area contributed by atoms with Crippen LogP contribution in [0.2, 0.25) is 0 Å². The van der Waals surface area contributed by atoms with Gasteiger partial charge in [0.25, 0.3) is 0 Å². The van der Waals surface area contributed by atoms with E-state index in [1.54, 1.807) is 20.2 Å². The van der Waals surface area contributed by atoms with Gasteiger partial charge in [-0.15, -0.1) is 0 Å². The van der Waals surface area contributed by atoms with E-state index in [9.17, 15) is 13.6 Å². The summed E-state index contributed by atoms with van der Waals surface area (Å²) in [6.45, 7) is 0.705. The molecule has 5 nitrogen and oxygen atoms in total. The molecule has 1 aromatic carbocycles. The number of hydrogen-bond donors (Lipinski definition) is 2. The molecule has 0 atom stereocenters.